The number of esters is 1. The molecule has 1 amide bonds. The van der Waals surface area contributed by atoms with Crippen molar-refractivity contribution >= 4 is 35.2 Å². The average Bonchev–Trinajstić information content (AvgIpc) is 3.14. The van der Waals surface area contributed by atoms with E-state index in [0.717, 1.165) is 43.7 Å². The lowest BCUT2D eigenvalue weighted by Gasteiger charge is -2.26. The van der Waals surface area contributed by atoms with E-state index in [2.05, 4.69) is 10.2 Å². The second-order valence-electron chi connectivity index (χ2n) is 6.45. The smallest absolute Gasteiger partial charge is 0.316 e. The van der Waals surface area contributed by atoms with Gasteiger partial charge in [0.25, 0.3) is 5.91 Å². The van der Waals surface area contributed by atoms with Gasteiger partial charge in [-0.05, 0) is 50.5 Å². The number of carbonyl (C=O) groups excluding carboxylic acids is 2. The van der Waals surface area contributed by atoms with Gasteiger partial charge in [0.2, 0.25) is 0 Å². The molecule has 2 aromatic rings. The van der Waals surface area contributed by atoms with Crippen LogP contribution in [0.5, 0.6) is 0 Å². The van der Waals surface area contributed by atoms with Crippen LogP contribution >= 0.6 is 23.4 Å². The number of aromatic nitrogens is 3. The van der Waals surface area contributed by atoms with Gasteiger partial charge in [-0.25, -0.2) is 0 Å². The molecule has 1 fully saturated rings. The second kappa shape index (κ2) is 9.93. The summed E-state index contributed by atoms with van der Waals surface area (Å²) in [6.45, 7) is 3.95. The molecular weight excluding hydrogens is 400 g/mol. The Kier molecular flexibility index (Phi) is 7.33. The summed E-state index contributed by atoms with van der Waals surface area (Å²) in [5, 5.41) is 9.71. The van der Waals surface area contributed by atoms with Crippen molar-refractivity contribution in [2.75, 3.05) is 25.4 Å². The Balaban J connectivity index is 1.53. The van der Waals surface area contributed by atoms with Crippen molar-refractivity contribution in [3.8, 4) is 11.4 Å². The number of likely N-dealkylation sites (tertiary alicyclic amines) is 1. The van der Waals surface area contributed by atoms with Crippen LogP contribution in [-0.2, 0) is 20.9 Å². The van der Waals surface area contributed by atoms with Crippen molar-refractivity contribution < 1.29 is 14.3 Å². The first kappa shape index (κ1) is 20.7. The fourth-order valence-corrected chi connectivity index (χ4v) is 3.96. The van der Waals surface area contributed by atoms with Gasteiger partial charge in [-0.2, -0.15) is 0 Å². The van der Waals surface area contributed by atoms with Gasteiger partial charge in [-0.15, -0.1) is 10.2 Å². The van der Waals surface area contributed by atoms with Crippen LogP contribution in [0.15, 0.2) is 29.4 Å². The Bertz CT molecular complexity index is 819. The summed E-state index contributed by atoms with van der Waals surface area (Å²) in [6.07, 6.45) is 3.17. The van der Waals surface area contributed by atoms with Crippen LogP contribution in [0.1, 0.15) is 26.2 Å². The summed E-state index contributed by atoms with van der Waals surface area (Å²) in [6, 6.07) is 7.37. The molecule has 0 spiro atoms. The molecule has 0 bridgehead atoms. The van der Waals surface area contributed by atoms with E-state index in [9.17, 15) is 9.59 Å². The SMILES string of the molecule is CCn1c(SCC(=O)OCC(=O)N2CCCCC2)nnc1-c1ccc(Cl)cc1. The number of amides is 1. The van der Waals surface area contributed by atoms with Gasteiger partial charge >= 0.3 is 5.97 Å². The van der Waals surface area contributed by atoms with Crippen LogP contribution in [-0.4, -0.2) is 57.0 Å². The molecule has 28 heavy (non-hydrogen) atoms. The number of hydrogen-bond acceptors (Lipinski definition) is 6. The third-order valence-corrected chi connectivity index (χ3v) is 5.71. The molecule has 9 heteroatoms. The highest BCUT2D eigenvalue weighted by Crippen LogP contribution is 2.25. The van der Waals surface area contributed by atoms with E-state index in [4.69, 9.17) is 16.3 Å². The van der Waals surface area contributed by atoms with E-state index in [0.29, 0.717) is 16.7 Å². The number of nitrogens with zero attached hydrogens (tertiary/aromatic N) is 4. The van der Waals surface area contributed by atoms with Crippen LogP contribution in [0.2, 0.25) is 5.02 Å². The van der Waals surface area contributed by atoms with E-state index in [-0.39, 0.29) is 18.3 Å². The molecule has 1 aromatic carbocycles. The normalized spacial score (nSPS) is 14.1. The molecule has 3 rings (SSSR count). The number of rotatable bonds is 7. The minimum atomic E-state index is -0.436. The predicted molar refractivity (Wildman–Crippen MR) is 108 cm³/mol. The molecule has 0 radical (unpaired) electrons. The number of piperidine rings is 1. The molecule has 1 aliphatic heterocycles. The Hall–Kier alpha value is -2.06. The number of hydrogen-bond donors (Lipinski definition) is 0. The maximum absolute atomic E-state index is 12.1. The van der Waals surface area contributed by atoms with Crippen LogP contribution < -0.4 is 0 Å². The highest BCUT2D eigenvalue weighted by molar-refractivity contribution is 7.99. The summed E-state index contributed by atoms with van der Waals surface area (Å²) < 4.78 is 7.06. The quantitative estimate of drug-likeness (QED) is 0.503. The predicted octanol–water partition coefficient (Wildman–Crippen LogP) is 3.27. The first-order valence-corrected chi connectivity index (χ1v) is 10.7. The zero-order chi connectivity index (χ0) is 19.9. The zero-order valence-electron chi connectivity index (χ0n) is 15.8. The Morgan fingerprint density at radius 3 is 2.54 bits per heavy atom. The number of carbonyl (C=O) groups is 2. The molecule has 0 saturated carbocycles. The summed E-state index contributed by atoms with van der Waals surface area (Å²) in [5.74, 6) is 0.232. The summed E-state index contributed by atoms with van der Waals surface area (Å²) in [5.41, 5.74) is 0.903. The Labute approximate surface area is 173 Å². The first-order valence-electron chi connectivity index (χ1n) is 9.34. The highest BCUT2D eigenvalue weighted by atomic mass is 35.5. The summed E-state index contributed by atoms with van der Waals surface area (Å²) >= 11 is 7.19. The van der Waals surface area contributed by atoms with Gasteiger partial charge in [0, 0.05) is 30.2 Å². The van der Waals surface area contributed by atoms with Crippen molar-refractivity contribution in [2.24, 2.45) is 0 Å². The van der Waals surface area contributed by atoms with Gasteiger partial charge in [0.15, 0.2) is 17.6 Å². The molecule has 0 N–H and O–H groups in total. The molecule has 0 aliphatic carbocycles. The Morgan fingerprint density at radius 2 is 1.86 bits per heavy atom. The maximum Gasteiger partial charge on any atom is 0.316 e. The van der Waals surface area contributed by atoms with Crippen molar-refractivity contribution in [1.29, 1.82) is 0 Å². The first-order chi connectivity index (χ1) is 13.6. The van der Waals surface area contributed by atoms with Gasteiger partial charge < -0.3 is 14.2 Å². The molecule has 1 saturated heterocycles. The van der Waals surface area contributed by atoms with Crippen LogP contribution in [0.4, 0.5) is 0 Å². The largest absolute Gasteiger partial charge is 0.455 e. The van der Waals surface area contributed by atoms with Gasteiger partial charge in [-0.3, -0.25) is 9.59 Å². The number of halogens is 1. The molecule has 0 atom stereocenters. The zero-order valence-corrected chi connectivity index (χ0v) is 17.3. The molecule has 1 aromatic heterocycles. The average molecular weight is 423 g/mol. The molecule has 0 unspecified atom stereocenters. The Morgan fingerprint density at radius 1 is 1.14 bits per heavy atom. The molecule has 150 valence electrons. The van der Waals surface area contributed by atoms with Crippen LogP contribution in [0.3, 0.4) is 0 Å². The van der Waals surface area contributed by atoms with E-state index in [1.54, 1.807) is 17.0 Å². The lowest BCUT2D eigenvalue weighted by atomic mass is 10.1. The molecular formula is C19H23ClN4O3S. The lowest BCUT2D eigenvalue weighted by Crippen LogP contribution is -2.38. The number of ether oxygens (including phenoxy) is 1. The summed E-state index contributed by atoms with van der Waals surface area (Å²) in [4.78, 5) is 25.9. The highest BCUT2D eigenvalue weighted by Gasteiger charge is 2.19. The van der Waals surface area contributed by atoms with Gasteiger partial charge in [-0.1, -0.05) is 23.4 Å². The van der Waals surface area contributed by atoms with Crippen molar-refractivity contribution in [1.82, 2.24) is 19.7 Å². The maximum atomic E-state index is 12.1. The number of thioether (sulfide) groups is 1. The molecule has 7 nitrogen and oxygen atoms in total. The fraction of sp³-hybridized carbons (Fsp3) is 0.474. The third kappa shape index (κ3) is 5.26. The van der Waals surface area contributed by atoms with Crippen LogP contribution in [0, 0.1) is 0 Å². The van der Waals surface area contributed by atoms with Gasteiger partial charge in [0.1, 0.15) is 0 Å². The summed E-state index contributed by atoms with van der Waals surface area (Å²) in [7, 11) is 0. The van der Waals surface area contributed by atoms with Crippen molar-refractivity contribution in [2.45, 2.75) is 37.9 Å². The van der Waals surface area contributed by atoms with Crippen molar-refractivity contribution in [3.05, 3.63) is 29.3 Å². The minimum absolute atomic E-state index is 0.0754. The second-order valence-corrected chi connectivity index (χ2v) is 7.83. The lowest BCUT2D eigenvalue weighted by molar-refractivity contribution is -0.150. The molecule has 1 aliphatic rings. The van der Waals surface area contributed by atoms with E-state index >= 15 is 0 Å². The molecule has 2 heterocycles. The van der Waals surface area contributed by atoms with E-state index < -0.39 is 5.97 Å². The van der Waals surface area contributed by atoms with Gasteiger partial charge in [0.05, 0.1) is 5.75 Å². The van der Waals surface area contributed by atoms with E-state index in [1.807, 2.05) is 23.6 Å². The minimum Gasteiger partial charge on any atom is -0.455 e. The monoisotopic (exact) mass is 422 g/mol. The van der Waals surface area contributed by atoms with Crippen LogP contribution in [0.25, 0.3) is 11.4 Å². The third-order valence-electron chi connectivity index (χ3n) is 4.52. The van der Waals surface area contributed by atoms with E-state index in [1.165, 1.54) is 11.8 Å². The van der Waals surface area contributed by atoms with Crippen molar-refractivity contribution in [3.63, 3.8) is 0 Å². The number of benzene rings is 1. The standard InChI is InChI=1S/C19H23ClN4O3S/c1-2-24-18(14-6-8-15(20)9-7-14)21-22-19(24)28-13-17(26)27-12-16(25)23-10-4-3-5-11-23/h6-9H,2-5,10-13H2,1H3. The topological polar surface area (TPSA) is 77.3 Å². The fourth-order valence-electron chi connectivity index (χ4n) is 3.04.